The molecule has 4 nitrogen and oxygen atoms in total. The van der Waals surface area contributed by atoms with Crippen LogP contribution in [0.1, 0.15) is 64.8 Å². The van der Waals surface area contributed by atoms with E-state index in [0.29, 0.717) is 22.6 Å². The fourth-order valence-corrected chi connectivity index (χ4v) is 5.63. The molecular formula is C26H35N3O. The van der Waals surface area contributed by atoms with E-state index in [2.05, 4.69) is 68.1 Å². The van der Waals surface area contributed by atoms with Gasteiger partial charge >= 0.3 is 0 Å². The smallest absolute Gasteiger partial charge is 0.231 e. The van der Waals surface area contributed by atoms with Gasteiger partial charge in [-0.3, -0.25) is 4.90 Å². The first-order valence-electron chi connectivity index (χ1n) is 11.6. The number of fused-ring (bicyclic) bond motifs is 1. The first-order chi connectivity index (χ1) is 14.3. The maximum absolute atomic E-state index is 5.62. The Morgan fingerprint density at radius 1 is 1.07 bits per heavy atom. The summed E-state index contributed by atoms with van der Waals surface area (Å²) in [6.07, 6.45) is 8.32. The molecule has 1 saturated heterocycles. The van der Waals surface area contributed by atoms with Crippen molar-refractivity contribution in [3.8, 4) is 11.4 Å². The van der Waals surface area contributed by atoms with Crippen molar-refractivity contribution in [2.24, 2.45) is 22.7 Å². The van der Waals surface area contributed by atoms with E-state index < -0.39 is 0 Å². The molecule has 4 aliphatic rings. The lowest BCUT2D eigenvalue weighted by Crippen LogP contribution is -2.48. The highest BCUT2D eigenvalue weighted by Crippen LogP contribution is 2.59. The van der Waals surface area contributed by atoms with Crippen LogP contribution in [0.15, 0.2) is 40.4 Å². The largest absolute Gasteiger partial charge is 0.339 e. The fourth-order valence-electron chi connectivity index (χ4n) is 5.63. The maximum Gasteiger partial charge on any atom is 0.231 e. The molecule has 1 aromatic carbocycles. The van der Waals surface area contributed by atoms with E-state index >= 15 is 0 Å². The number of hydrogen-bond donors (Lipinski definition) is 0. The first-order valence-corrected chi connectivity index (χ1v) is 11.6. The van der Waals surface area contributed by atoms with Crippen LogP contribution in [0.4, 0.5) is 0 Å². The van der Waals surface area contributed by atoms with Crippen molar-refractivity contribution >= 4 is 0 Å². The number of likely N-dealkylation sites (tertiary alicyclic amines) is 1. The normalized spacial score (nSPS) is 27.4. The Bertz CT molecular complexity index is 927. The number of hydrogen-bond acceptors (Lipinski definition) is 4. The standard InChI is InChI=1S/C26H35N3O/c1-25(2)11-13-29(14-12-25)17-18-5-7-19(8-6-18)24-27-23(30-28-24)15-20-9-10-21-16-22(20)26(21,3)4/h5-9,21-22H,10-17H2,1-4H3/t21-,22-/m0/s1. The fraction of sp³-hybridized carbons (Fsp3) is 0.615. The molecular weight excluding hydrogens is 370 g/mol. The molecule has 4 heteroatoms. The minimum absolute atomic E-state index is 0.437. The van der Waals surface area contributed by atoms with Gasteiger partial charge in [-0.25, -0.2) is 0 Å². The zero-order valence-electron chi connectivity index (χ0n) is 18.9. The highest BCUT2D eigenvalue weighted by Gasteiger charge is 2.51. The zero-order valence-corrected chi connectivity index (χ0v) is 18.9. The summed E-state index contributed by atoms with van der Waals surface area (Å²) in [7, 11) is 0. The van der Waals surface area contributed by atoms with Crippen molar-refractivity contribution in [3.05, 3.63) is 47.4 Å². The summed E-state index contributed by atoms with van der Waals surface area (Å²) in [4.78, 5) is 7.27. The van der Waals surface area contributed by atoms with Gasteiger partial charge < -0.3 is 4.52 Å². The van der Waals surface area contributed by atoms with Gasteiger partial charge in [-0.2, -0.15) is 4.98 Å². The maximum atomic E-state index is 5.62. The average Bonchev–Trinajstić information content (AvgIpc) is 3.18. The molecule has 30 heavy (non-hydrogen) atoms. The van der Waals surface area contributed by atoms with Gasteiger partial charge in [0.1, 0.15) is 0 Å². The molecule has 1 saturated carbocycles. The highest BCUT2D eigenvalue weighted by molar-refractivity contribution is 5.54. The van der Waals surface area contributed by atoms with E-state index in [9.17, 15) is 0 Å². The van der Waals surface area contributed by atoms with Crippen molar-refractivity contribution in [1.82, 2.24) is 15.0 Å². The molecule has 2 aromatic rings. The lowest BCUT2D eigenvalue weighted by molar-refractivity contribution is -0.00800. The summed E-state index contributed by atoms with van der Waals surface area (Å²) in [5, 5.41) is 4.26. The Labute approximate surface area is 180 Å². The van der Waals surface area contributed by atoms with Crippen LogP contribution in [0, 0.1) is 22.7 Å². The molecule has 2 heterocycles. The number of benzene rings is 1. The molecule has 0 amide bonds. The molecule has 2 bridgehead atoms. The van der Waals surface area contributed by atoms with Crippen LogP contribution in [0.5, 0.6) is 0 Å². The highest BCUT2D eigenvalue weighted by atomic mass is 16.5. The lowest BCUT2D eigenvalue weighted by atomic mass is 9.48. The van der Waals surface area contributed by atoms with E-state index in [1.165, 1.54) is 49.9 Å². The predicted molar refractivity (Wildman–Crippen MR) is 120 cm³/mol. The Balaban J connectivity index is 1.21. The van der Waals surface area contributed by atoms with Crippen molar-refractivity contribution in [3.63, 3.8) is 0 Å². The molecule has 0 spiro atoms. The van der Waals surface area contributed by atoms with Gasteiger partial charge in [0.25, 0.3) is 0 Å². The molecule has 2 fully saturated rings. The summed E-state index contributed by atoms with van der Waals surface area (Å²) >= 11 is 0. The van der Waals surface area contributed by atoms with Crippen LogP contribution in [-0.2, 0) is 13.0 Å². The van der Waals surface area contributed by atoms with Gasteiger partial charge in [-0.1, -0.05) is 68.8 Å². The van der Waals surface area contributed by atoms with Gasteiger partial charge in [0.15, 0.2) is 0 Å². The van der Waals surface area contributed by atoms with Gasteiger partial charge in [-0.15, -0.1) is 0 Å². The molecule has 2 atom stereocenters. The molecule has 3 aliphatic carbocycles. The van der Waals surface area contributed by atoms with Crippen LogP contribution in [0.25, 0.3) is 11.4 Å². The second-order valence-electron chi connectivity index (χ2n) is 11.1. The van der Waals surface area contributed by atoms with Crippen molar-refractivity contribution in [2.75, 3.05) is 13.1 Å². The quantitative estimate of drug-likeness (QED) is 0.581. The topological polar surface area (TPSA) is 42.2 Å². The number of piperidine rings is 1. The lowest BCUT2D eigenvalue weighted by Gasteiger charge is -2.56. The van der Waals surface area contributed by atoms with Crippen molar-refractivity contribution in [2.45, 2.75) is 66.3 Å². The molecule has 160 valence electrons. The zero-order chi connectivity index (χ0) is 20.9. The van der Waals surface area contributed by atoms with Crippen LogP contribution >= 0.6 is 0 Å². The van der Waals surface area contributed by atoms with Crippen LogP contribution in [-0.4, -0.2) is 28.1 Å². The molecule has 6 rings (SSSR count). The van der Waals surface area contributed by atoms with E-state index in [0.717, 1.165) is 30.3 Å². The summed E-state index contributed by atoms with van der Waals surface area (Å²) in [6, 6.07) is 8.70. The SMILES string of the molecule is CC1(C)CCN(Cc2ccc(-c3noc(CC4=CC[C@H]5C[C@@H]4C5(C)C)n3)cc2)CC1. The third-order valence-electron chi connectivity index (χ3n) is 8.23. The van der Waals surface area contributed by atoms with Gasteiger partial charge in [-0.05, 0) is 67.0 Å². The monoisotopic (exact) mass is 405 g/mol. The Hall–Kier alpha value is -1.94. The second kappa shape index (κ2) is 7.33. The Kier molecular flexibility index (Phi) is 4.89. The third kappa shape index (κ3) is 3.75. The summed E-state index contributed by atoms with van der Waals surface area (Å²) in [5.74, 6) is 3.00. The third-order valence-corrected chi connectivity index (χ3v) is 8.23. The minimum atomic E-state index is 0.437. The van der Waals surface area contributed by atoms with E-state index in [1.54, 1.807) is 0 Å². The number of rotatable bonds is 5. The molecule has 1 aliphatic heterocycles. The summed E-state index contributed by atoms with van der Waals surface area (Å²) in [5.41, 5.74) is 4.83. The summed E-state index contributed by atoms with van der Waals surface area (Å²) in [6.45, 7) is 13.0. The minimum Gasteiger partial charge on any atom is -0.339 e. The summed E-state index contributed by atoms with van der Waals surface area (Å²) < 4.78 is 5.62. The van der Waals surface area contributed by atoms with Gasteiger partial charge in [0.05, 0.1) is 0 Å². The second-order valence-corrected chi connectivity index (χ2v) is 11.1. The van der Waals surface area contributed by atoms with Crippen LogP contribution in [0.2, 0.25) is 0 Å². The molecule has 0 unspecified atom stereocenters. The first kappa shape index (κ1) is 20.0. The molecule has 0 N–H and O–H groups in total. The van der Waals surface area contributed by atoms with E-state index in [-0.39, 0.29) is 0 Å². The van der Waals surface area contributed by atoms with Crippen molar-refractivity contribution < 1.29 is 4.52 Å². The Morgan fingerprint density at radius 2 is 1.80 bits per heavy atom. The van der Waals surface area contributed by atoms with Gasteiger partial charge in [0.2, 0.25) is 11.7 Å². The average molecular weight is 406 g/mol. The molecule has 0 radical (unpaired) electrons. The van der Waals surface area contributed by atoms with Crippen molar-refractivity contribution in [1.29, 1.82) is 0 Å². The van der Waals surface area contributed by atoms with E-state index in [1.807, 2.05) is 0 Å². The predicted octanol–water partition coefficient (Wildman–Crippen LogP) is 5.89. The van der Waals surface area contributed by atoms with Crippen LogP contribution in [0.3, 0.4) is 0 Å². The Morgan fingerprint density at radius 3 is 2.47 bits per heavy atom. The molecule has 1 aromatic heterocycles. The number of allylic oxidation sites excluding steroid dienone is 2. The van der Waals surface area contributed by atoms with Crippen LogP contribution < -0.4 is 0 Å². The number of nitrogens with zero attached hydrogens (tertiary/aromatic N) is 3. The number of aromatic nitrogens is 2. The van der Waals surface area contributed by atoms with Gasteiger partial charge in [0, 0.05) is 18.5 Å². The van der Waals surface area contributed by atoms with E-state index in [4.69, 9.17) is 9.51 Å².